The van der Waals surface area contributed by atoms with Gasteiger partial charge in [-0.2, -0.15) is 0 Å². The van der Waals surface area contributed by atoms with Gasteiger partial charge in [0.15, 0.2) is 46.0 Å². The molecule has 1 heterocycles. The van der Waals surface area contributed by atoms with E-state index >= 15 is 0 Å². The van der Waals surface area contributed by atoms with Gasteiger partial charge in [-0.25, -0.2) is 14.4 Å². The minimum absolute atomic E-state index is 0.0377. The Balaban J connectivity index is 1.53. The maximum Gasteiger partial charge on any atom is 0.347 e. The van der Waals surface area contributed by atoms with Crippen molar-refractivity contribution in [3.05, 3.63) is 101 Å². The molecule has 0 aliphatic carbocycles. The highest BCUT2D eigenvalue weighted by Crippen LogP contribution is 2.53. The van der Waals surface area contributed by atoms with E-state index in [9.17, 15) is 19.2 Å². The van der Waals surface area contributed by atoms with Crippen LogP contribution in [0.3, 0.4) is 0 Å². The van der Waals surface area contributed by atoms with Crippen molar-refractivity contribution in [3.63, 3.8) is 0 Å². The number of benzene rings is 4. The molecular formula is C45H48O16. The van der Waals surface area contributed by atoms with Crippen molar-refractivity contribution in [2.75, 3.05) is 64.0 Å². The summed E-state index contributed by atoms with van der Waals surface area (Å²) in [6.45, 7) is 0. The van der Waals surface area contributed by atoms with Crippen molar-refractivity contribution in [1.29, 1.82) is 0 Å². The summed E-state index contributed by atoms with van der Waals surface area (Å²) in [6, 6.07) is 18.3. The van der Waals surface area contributed by atoms with Crippen molar-refractivity contribution in [3.8, 4) is 46.0 Å². The minimum atomic E-state index is -1.41. The highest BCUT2D eigenvalue weighted by Gasteiger charge is 2.46. The third-order valence-corrected chi connectivity index (χ3v) is 9.84. The van der Waals surface area contributed by atoms with Crippen LogP contribution in [0.1, 0.15) is 39.8 Å². The number of fused-ring (bicyclic) bond motifs is 1. The largest absolute Gasteiger partial charge is 0.493 e. The zero-order valence-corrected chi connectivity index (χ0v) is 35.3. The topological polar surface area (TPSA) is 179 Å². The molecule has 0 radical (unpaired) electrons. The van der Waals surface area contributed by atoms with Crippen molar-refractivity contribution < 1.29 is 76.0 Å². The molecule has 0 saturated carbocycles. The lowest BCUT2D eigenvalue weighted by atomic mass is 9.87. The van der Waals surface area contributed by atoms with E-state index in [2.05, 4.69) is 0 Å². The molecule has 4 aromatic rings. The molecule has 4 aromatic carbocycles. The van der Waals surface area contributed by atoms with Crippen LogP contribution in [0.4, 0.5) is 0 Å². The van der Waals surface area contributed by atoms with Gasteiger partial charge in [0.2, 0.25) is 12.2 Å². The van der Waals surface area contributed by atoms with Crippen molar-refractivity contribution in [1.82, 2.24) is 0 Å². The van der Waals surface area contributed by atoms with Gasteiger partial charge in [-0.05, 0) is 70.8 Å². The number of esters is 4. The number of hydrogen-bond donors (Lipinski definition) is 0. The molecule has 1 aliphatic heterocycles. The predicted octanol–water partition coefficient (Wildman–Crippen LogP) is 5.63. The fourth-order valence-electron chi connectivity index (χ4n) is 6.82. The van der Waals surface area contributed by atoms with Crippen LogP contribution in [0.25, 0.3) is 6.08 Å². The summed E-state index contributed by atoms with van der Waals surface area (Å²) in [5.41, 5.74) is 2.28. The second kappa shape index (κ2) is 20.7. The second-order valence-corrected chi connectivity index (χ2v) is 13.2. The van der Waals surface area contributed by atoms with E-state index in [0.717, 1.165) is 6.08 Å². The molecular weight excluding hydrogens is 796 g/mol. The van der Waals surface area contributed by atoms with E-state index in [1.54, 1.807) is 66.7 Å². The summed E-state index contributed by atoms with van der Waals surface area (Å²) in [4.78, 5) is 54.2. The quantitative estimate of drug-likeness (QED) is 0.0643. The number of carbonyl (C=O) groups is 4. The van der Waals surface area contributed by atoms with Crippen molar-refractivity contribution in [2.45, 2.75) is 37.1 Å². The van der Waals surface area contributed by atoms with E-state index < -0.39 is 48.1 Å². The van der Waals surface area contributed by atoms with Crippen LogP contribution in [0.2, 0.25) is 0 Å². The molecule has 0 saturated heterocycles. The zero-order valence-electron chi connectivity index (χ0n) is 35.3. The Kier molecular flexibility index (Phi) is 15.3. The molecule has 0 spiro atoms. The average Bonchev–Trinajstić information content (AvgIpc) is 3.70. The second-order valence-electron chi connectivity index (χ2n) is 13.2. The SMILES string of the molecule is COC(=O)C(Cc1ccc(OC)c(OC)c1)OC(=O)/C=C/c1ccc(OC)c2c1C(C(=O)OC(Cc1ccc(OC)c(OC)c1)C(=O)OC)C(c1ccc(OC)c(OC)c1)O2. The summed E-state index contributed by atoms with van der Waals surface area (Å²) in [5.74, 6) is -1.62. The van der Waals surface area contributed by atoms with Gasteiger partial charge >= 0.3 is 23.9 Å². The molecule has 1 aliphatic rings. The first-order valence-corrected chi connectivity index (χ1v) is 18.7. The van der Waals surface area contributed by atoms with Crippen LogP contribution < -0.4 is 37.9 Å². The number of ether oxygens (including phenoxy) is 12. The van der Waals surface area contributed by atoms with Crippen LogP contribution >= 0.6 is 0 Å². The summed E-state index contributed by atoms with van der Waals surface area (Å²) >= 11 is 0. The first-order valence-electron chi connectivity index (χ1n) is 18.7. The molecule has 0 bridgehead atoms. The third-order valence-electron chi connectivity index (χ3n) is 9.84. The first-order chi connectivity index (χ1) is 29.5. The molecule has 0 fully saturated rings. The Bertz CT molecular complexity index is 2250. The van der Waals surface area contributed by atoms with Crippen molar-refractivity contribution in [2.24, 2.45) is 0 Å². The van der Waals surface area contributed by atoms with Crippen molar-refractivity contribution >= 4 is 30.0 Å². The van der Waals surface area contributed by atoms with E-state index in [4.69, 9.17) is 56.8 Å². The predicted molar refractivity (Wildman–Crippen MR) is 218 cm³/mol. The molecule has 0 N–H and O–H groups in total. The number of carbonyl (C=O) groups excluding carboxylic acids is 4. The molecule has 324 valence electrons. The number of rotatable bonds is 19. The molecule has 0 aromatic heterocycles. The van der Waals surface area contributed by atoms with Crippen LogP contribution in [0.5, 0.6) is 46.0 Å². The average molecular weight is 845 g/mol. The van der Waals surface area contributed by atoms with Gasteiger partial charge in [0.1, 0.15) is 12.0 Å². The third kappa shape index (κ3) is 10.2. The monoisotopic (exact) mass is 844 g/mol. The highest BCUT2D eigenvalue weighted by atomic mass is 16.6. The van der Waals surface area contributed by atoms with E-state index in [1.807, 2.05) is 0 Å². The Morgan fingerprint density at radius 3 is 1.51 bits per heavy atom. The molecule has 61 heavy (non-hydrogen) atoms. The Morgan fingerprint density at radius 2 is 1.02 bits per heavy atom. The minimum Gasteiger partial charge on any atom is -0.493 e. The van der Waals surface area contributed by atoms with Gasteiger partial charge in [-0.15, -0.1) is 0 Å². The van der Waals surface area contributed by atoms with E-state index in [-0.39, 0.29) is 29.9 Å². The van der Waals surface area contributed by atoms with Crippen LogP contribution in [-0.2, 0) is 51.0 Å². The number of methoxy groups -OCH3 is 9. The van der Waals surface area contributed by atoms with Gasteiger partial charge in [0.25, 0.3) is 0 Å². The smallest absolute Gasteiger partial charge is 0.347 e. The molecule has 16 heteroatoms. The first kappa shape index (κ1) is 45.0. The molecule has 4 atom stereocenters. The summed E-state index contributed by atoms with van der Waals surface area (Å²) in [7, 11) is 12.7. The van der Waals surface area contributed by atoms with Gasteiger partial charge < -0.3 is 56.8 Å². The Labute approximate surface area is 353 Å². The van der Waals surface area contributed by atoms with Gasteiger partial charge in [-0.3, -0.25) is 4.79 Å². The molecule has 4 unspecified atom stereocenters. The summed E-state index contributed by atoms with van der Waals surface area (Å²) in [5, 5.41) is 0. The van der Waals surface area contributed by atoms with E-state index in [1.165, 1.54) is 70.1 Å². The Hall–Kier alpha value is -7.10. The van der Waals surface area contributed by atoms with Crippen LogP contribution in [0, 0.1) is 0 Å². The summed E-state index contributed by atoms with van der Waals surface area (Å²) in [6.07, 6.45) is -1.41. The molecule has 16 nitrogen and oxygen atoms in total. The fourth-order valence-corrected chi connectivity index (χ4v) is 6.82. The zero-order chi connectivity index (χ0) is 44.2. The van der Waals surface area contributed by atoms with Gasteiger partial charge in [-0.1, -0.05) is 24.3 Å². The highest BCUT2D eigenvalue weighted by molar-refractivity contribution is 5.92. The standard InChI is InChI=1S/C45H48O16/c1-50-29-15-10-25(20-33(29)54-5)22-36(43(47)57-8)59-38(46)19-14-27-12-18-32(53-4)42-39(27)40(41(61-42)28-13-17-31(52-3)35(24-28)56-7)45(49)60-37(44(48)58-9)23-26-11-16-30(51-2)34(21-26)55-6/h10-21,24,36-37,40-41H,22-23H2,1-9H3/b19-14+. The van der Waals surface area contributed by atoms with E-state index in [0.29, 0.717) is 56.8 Å². The maximum absolute atomic E-state index is 14.7. The lowest BCUT2D eigenvalue weighted by molar-refractivity contribution is -0.167. The van der Waals surface area contributed by atoms with Gasteiger partial charge in [0, 0.05) is 24.5 Å². The summed E-state index contributed by atoms with van der Waals surface area (Å²) < 4.78 is 66.3. The Morgan fingerprint density at radius 1 is 0.557 bits per heavy atom. The van der Waals surface area contributed by atoms with Crippen LogP contribution in [-0.4, -0.2) is 100 Å². The fraction of sp³-hybridized carbons (Fsp3) is 0.333. The van der Waals surface area contributed by atoms with Gasteiger partial charge in [0.05, 0.1) is 64.0 Å². The molecule has 0 amide bonds. The molecule has 5 rings (SSSR count). The lowest BCUT2D eigenvalue weighted by Crippen LogP contribution is -2.33. The van der Waals surface area contributed by atoms with Crippen LogP contribution in [0.15, 0.2) is 72.8 Å². The lowest BCUT2D eigenvalue weighted by Gasteiger charge is -2.23. The normalized spacial score (nSPS) is 15.0. The number of hydrogen-bond acceptors (Lipinski definition) is 16. The maximum atomic E-state index is 14.7.